The second kappa shape index (κ2) is 5.02. The molecule has 0 atom stereocenters. The first kappa shape index (κ1) is 11.1. The van der Waals surface area contributed by atoms with Crippen LogP contribution in [-0.2, 0) is 0 Å². The Morgan fingerprint density at radius 1 is 1.71 bits per heavy atom. The summed E-state index contributed by atoms with van der Waals surface area (Å²) in [6, 6.07) is 1.55. The van der Waals surface area contributed by atoms with Gasteiger partial charge in [0.15, 0.2) is 5.69 Å². The Morgan fingerprint density at radius 3 is 2.93 bits per heavy atom. The highest BCUT2D eigenvalue weighted by Crippen LogP contribution is 2.15. The molecule has 0 aromatic carbocycles. The van der Waals surface area contributed by atoms with Crippen LogP contribution in [0.1, 0.15) is 16.1 Å². The fraction of sp³-hybridized carbons (Fsp3) is 0.111. The zero-order chi connectivity index (χ0) is 10.6. The third-order valence-corrected chi connectivity index (χ3v) is 1.98. The van der Waals surface area contributed by atoms with Crippen molar-refractivity contribution in [3.8, 4) is 0 Å². The second-order valence-corrected chi connectivity index (χ2v) is 3.26. The molecule has 1 aromatic rings. The van der Waals surface area contributed by atoms with Crippen molar-refractivity contribution in [1.29, 1.82) is 0 Å². The van der Waals surface area contributed by atoms with Gasteiger partial charge in [0.1, 0.15) is 0 Å². The summed E-state index contributed by atoms with van der Waals surface area (Å²) in [5, 5.41) is 8.79. The Balaban J connectivity index is 3.00. The van der Waals surface area contributed by atoms with Crippen molar-refractivity contribution in [2.24, 2.45) is 0 Å². The van der Waals surface area contributed by atoms with E-state index in [-0.39, 0.29) is 10.7 Å². The van der Waals surface area contributed by atoms with Crippen LogP contribution >= 0.6 is 24.2 Å². The lowest BCUT2D eigenvalue weighted by molar-refractivity contribution is 0.0690. The zero-order valence-electron chi connectivity index (χ0n) is 7.14. The summed E-state index contributed by atoms with van der Waals surface area (Å²) in [6.07, 6.45) is 5.05. The fourth-order valence-corrected chi connectivity index (χ4v) is 1.25. The minimum Gasteiger partial charge on any atom is -0.476 e. The molecule has 0 aliphatic rings. The van der Waals surface area contributed by atoms with Crippen LogP contribution in [0.4, 0.5) is 0 Å². The van der Waals surface area contributed by atoms with Crippen molar-refractivity contribution in [3.05, 3.63) is 34.6 Å². The van der Waals surface area contributed by atoms with E-state index in [0.717, 1.165) is 5.56 Å². The third kappa shape index (κ3) is 2.75. The van der Waals surface area contributed by atoms with Gasteiger partial charge in [-0.2, -0.15) is 12.6 Å². The largest absolute Gasteiger partial charge is 0.476 e. The number of hydrogen-bond acceptors (Lipinski definition) is 3. The highest BCUT2D eigenvalue weighted by atomic mass is 35.5. The van der Waals surface area contributed by atoms with Gasteiger partial charge in [-0.25, -0.2) is 9.78 Å². The molecule has 0 radical (unpaired) electrons. The Morgan fingerprint density at radius 2 is 2.43 bits per heavy atom. The number of carboxylic acids is 1. The van der Waals surface area contributed by atoms with Gasteiger partial charge in [-0.15, -0.1) is 0 Å². The van der Waals surface area contributed by atoms with E-state index in [1.165, 1.54) is 6.20 Å². The summed E-state index contributed by atoms with van der Waals surface area (Å²) < 4.78 is 0. The van der Waals surface area contributed by atoms with Gasteiger partial charge in [0.2, 0.25) is 0 Å². The van der Waals surface area contributed by atoms with Crippen LogP contribution in [0.3, 0.4) is 0 Å². The summed E-state index contributed by atoms with van der Waals surface area (Å²) >= 11 is 9.70. The topological polar surface area (TPSA) is 50.2 Å². The van der Waals surface area contributed by atoms with E-state index in [0.29, 0.717) is 5.75 Å². The number of rotatable bonds is 3. The van der Waals surface area contributed by atoms with Crippen LogP contribution in [0.2, 0.25) is 5.02 Å². The number of hydrogen-bond donors (Lipinski definition) is 2. The molecule has 0 fully saturated rings. The molecule has 0 amide bonds. The summed E-state index contributed by atoms with van der Waals surface area (Å²) in [5.74, 6) is -0.516. The van der Waals surface area contributed by atoms with Crippen LogP contribution in [0.15, 0.2) is 18.3 Å². The standard InChI is InChI=1S/C9H8ClNO2S/c10-7-4-6(2-1-3-14)5-11-8(7)9(12)13/h1-2,4-5,14H,3H2,(H,12,13). The summed E-state index contributed by atoms with van der Waals surface area (Å²) in [4.78, 5) is 14.3. The number of aromatic carboxylic acids is 1. The number of aromatic nitrogens is 1. The molecule has 74 valence electrons. The van der Waals surface area contributed by atoms with Gasteiger partial charge in [-0.05, 0) is 11.6 Å². The number of nitrogens with zero attached hydrogens (tertiary/aromatic N) is 1. The lowest BCUT2D eigenvalue weighted by Gasteiger charge is -1.98. The monoisotopic (exact) mass is 229 g/mol. The predicted octanol–water partition coefficient (Wildman–Crippen LogP) is 2.38. The average Bonchev–Trinajstić information content (AvgIpc) is 2.14. The van der Waals surface area contributed by atoms with Gasteiger partial charge in [0, 0.05) is 11.9 Å². The van der Waals surface area contributed by atoms with E-state index in [4.69, 9.17) is 16.7 Å². The van der Waals surface area contributed by atoms with Gasteiger partial charge in [0.25, 0.3) is 0 Å². The van der Waals surface area contributed by atoms with Crippen molar-refractivity contribution < 1.29 is 9.90 Å². The van der Waals surface area contributed by atoms with E-state index in [2.05, 4.69) is 17.6 Å². The van der Waals surface area contributed by atoms with Crippen LogP contribution in [0, 0.1) is 0 Å². The average molecular weight is 230 g/mol. The minimum absolute atomic E-state index is 0.130. The Labute approximate surface area is 91.8 Å². The van der Waals surface area contributed by atoms with Gasteiger partial charge >= 0.3 is 5.97 Å². The molecule has 0 saturated heterocycles. The first-order valence-electron chi connectivity index (χ1n) is 3.81. The molecule has 1 rings (SSSR count). The van der Waals surface area contributed by atoms with Gasteiger partial charge < -0.3 is 5.11 Å². The Kier molecular flexibility index (Phi) is 3.98. The highest BCUT2D eigenvalue weighted by Gasteiger charge is 2.09. The first-order valence-corrected chi connectivity index (χ1v) is 4.82. The quantitative estimate of drug-likeness (QED) is 0.783. The summed E-state index contributed by atoms with van der Waals surface area (Å²) in [6.45, 7) is 0. The molecule has 5 heteroatoms. The van der Waals surface area contributed by atoms with Gasteiger partial charge in [0.05, 0.1) is 5.02 Å². The summed E-state index contributed by atoms with van der Waals surface area (Å²) in [7, 11) is 0. The first-order chi connectivity index (χ1) is 6.65. The SMILES string of the molecule is O=C(O)c1ncc(C=CCS)cc1Cl. The second-order valence-electron chi connectivity index (χ2n) is 2.49. The lowest BCUT2D eigenvalue weighted by Crippen LogP contribution is -2.01. The molecule has 0 unspecified atom stereocenters. The predicted molar refractivity (Wildman–Crippen MR) is 59.1 cm³/mol. The van der Waals surface area contributed by atoms with Crippen LogP contribution in [0.25, 0.3) is 6.08 Å². The highest BCUT2D eigenvalue weighted by molar-refractivity contribution is 7.80. The summed E-state index contributed by atoms with van der Waals surface area (Å²) in [5.41, 5.74) is 0.628. The van der Waals surface area contributed by atoms with E-state index in [9.17, 15) is 4.79 Å². The number of thiol groups is 1. The van der Waals surface area contributed by atoms with Gasteiger partial charge in [-0.3, -0.25) is 0 Å². The van der Waals surface area contributed by atoms with Crippen molar-refractivity contribution in [1.82, 2.24) is 4.98 Å². The van der Waals surface area contributed by atoms with E-state index in [1.807, 2.05) is 6.08 Å². The van der Waals surface area contributed by atoms with Crippen LogP contribution < -0.4 is 0 Å². The molecular weight excluding hydrogens is 222 g/mol. The lowest BCUT2D eigenvalue weighted by atomic mass is 10.2. The number of halogens is 1. The van der Waals surface area contributed by atoms with Gasteiger partial charge in [-0.1, -0.05) is 23.8 Å². The van der Waals surface area contributed by atoms with Crippen LogP contribution in [0.5, 0.6) is 0 Å². The molecule has 0 bridgehead atoms. The third-order valence-electron chi connectivity index (χ3n) is 1.48. The van der Waals surface area contributed by atoms with Crippen molar-refractivity contribution in [2.45, 2.75) is 0 Å². The van der Waals surface area contributed by atoms with Crippen molar-refractivity contribution in [2.75, 3.05) is 5.75 Å². The maximum atomic E-state index is 10.6. The molecule has 1 N–H and O–H groups in total. The molecular formula is C9H8ClNO2S. The number of carboxylic acid groups (broad SMARTS) is 1. The van der Waals surface area contributed by atoms with E-state index < -0.39 is 5.97 Å². The molecule has 1 heterocycles. The molecule has 0 saturated carbocycles. The maximum absolute atomic E-state index is 10.6. The molecule has 0 spiro atoms. The molecule has 14 heavy (non-hydrogen) atoms. The van der Waals surface area contributed by atoms with E-state index in [1.54, 1.807) is 12.1 Å². The van der Waals surface area contributed by atoms with Crippen LogP contribution in [-0.4, -0.2) is 21.8 Å². The number of carbonyl (C=O) groups is 1. The molecule has 3 nitrogen and oxygen atoms in total. The minimum atomic E-state index is -1.13. The zero-order valence-corrected chi connectivity index (χ0v) is 8.79. The van der Waals surface area contributed by atoms with E-state index >= 15 is 0 Å². The normalized spacial score (nSPS) is 10.7. The molecule has 1 aromatic heterocycles. The Bertz CT molecular complexity index is 379. The van der Waals surface area contributed by atoms with Crippen molar-refractivity contribution >= 4 is 36.3 Å². The number of pyridine rings is 1. The Hall–Kier alpha value is -1.000. The maximum Gasteiger partial charge on any atom is 0.356 e. The van der Waals surface area contributed by atoms with Crippen molar-refractivity contribution in [3.63, 3.8) is 0 Å². The molecule has 0 aliphatic carbocycles. The fourth-order valence-electron chi connectivity index (χ4n) is 0.890. The smallest absolute Gasteiger partial charge is 0.356 e. The molecule has 0 aliphatic heterocycles.